The van der Waals surface area contributed by atoms with Gasteiger partial charge in [-0.1, -0.05) is 24.3 Å². The Morgan fingerprint density at radius 3 is 2.70 bits per heavy atom. The van der Waals surface area contributed by atoms with Crippen LogP contribution in [0.3, 0.4) is 0 Å². The van der Waals surface area contributed by atoms with Crippen molar-refractivity contribution in [2.75, 3.05) is 5.32 Å². The third-order valence-electron chi connectivity index (χ3n) is 3.67. The monoisotopic (exact) mass is 331 g/mol. The minimum Gasteiger partial charge on any atom is -0.363 e. The van der Waals surface area contributed by atoms with Crippen LogP contribution in [0.4, 0.5) is 5.82 Å². The predicted octanol–water partition coefficient (Wildman–Crippen LogP) is 4.60. The van der Waals surface area contributed by atoms with Crippen LogP contribution < -0.4 is 5.32 Å². The summed E-state index contributed by atoms with van der Waals surface area (Å²) in [5.41, 5.74) is 2.60. The third-order valence-corrected chi connectivity index (χ3v) is 4.08. The van der Waals surface area contributed by atoms with Gasteiger partial charge in [-0.05, 0) is 53.7 Å². The topological polar surface area (TPSA) is 37.8 Å². The fourth-order valence-electron chi connectivity index (χ4n) is 2.41. The summed E-state index contributed by atoms with van der Waals surface area (Å²) in [5, 5.41) is 3.48. The van der Waals surface area contributed by atoms with E-state index in [1.807, 2.05) is 6.07 Å². The second-order valence-electron chi connectivity index (χ2n) is 5.43. The number of rotatable bonds is 4. The molecule has 104 valence electrons. The van der Waals surface area contributed by atoms with Crippen LogP contribution in [-0.2, 0) is 0 Å². The summed E-state index contributed by atoms with van der Waals surface area (Å²) in [6, 6.07) is 10.6. The van der Waals surface area contributed by atoms with Gasteiger partial charge >= 0.3 is 0 Å². The molecule has 1 aliphatic carbocycles. The molecule has 0 spiro atoms. The Balaban J connectivity index is 1.82. The number of nitrogens with one attached hydrogen (secondary N) is 1. The molecular weight excluding hydrogens is 314 g/mol. The Bertz CT molecular complexity index is 623. The van der Waals surface area contributed by atoms with E-state index in [4.69, 9.17) is 0 Å². The summed E-state index contributed by atoms with van der Waals surface area (Å²) in [6.45, 7) is 4.30. The molecule has 2 aromatic rings. The second-order valence-corrected chi connectivity index (χ2v) is 6.24. The number of nitrogens with zero attached hydrogens (tertiary/aromatic N) is 2. The molecule has 1 N–H and O–H groups in total. The lowest BCUT2D eigenvalue weighted by molar-refractivity contribution is 0.844. The van der Waals surface area contributed by atoms with Crippen LogP contribution in [0.5, 0.6) is 0 Å². The van der Waals surface area contributed by atoms with E-state index < -0.39 is 0 Å². The van der Waals surface area contributed by atoms with Gasteiger partial charge in [-0.2, -0.15) is 0 Å². The summed E-state index contributed by atoms with van der Waals surface area (Å²) in [7, 11) is 0. The standard InChI is InChI=1S/C16H18BrN3/c1-10-5-3-4-6-13(10)11(2)18-15-9-14(17)19-16(20-15)12-7-8-12/h3-6,9,11-12H,7-8H2,1-2H3,(H,18,19,20). The highest BCUT2D eigenvalue weighted by atomic mass is 79.9. The van der Waals surface area contributed by atoms with Gasteiger partial charge in [-0.3, -0.25) is 0 Å². The Labute approximate surface area is 128 Å². The minimum atomic E-state index is 0.227. The predicted molar refractivity (Wildman–Crippen MR) is 84.9 cm³/mol. The molecule has 0 radical (unpaired) electrons. The first-order chi connectivity index (χ1) is 9.63. The van der Waals surface area contributed by atoms with E-state index in [1.54, 1.807) is 0 Å². The summed E-state index contributed by atoms with van der Waals surface area (Å²) in [5.74, 6) is 2.41. The fourth-order valence-corrected chi connectivity index (χ4v) is 2.80. The first-order valence-corrected chi connectivity index (χ1v) is 7.79. The molecule has 0 amide bonds. The zero-order valence-corrected chi connectivity index (χ0v) is 13.3. The Kier molecular flexibility index (Phi) is 3.74. The lowest BCUT2D eigenvalue weighted by Gasteiger charge is -2.17. The maximum atomic E-state index is 4.64. The second kappa shape index (κ2) is 5.52. The van der Waals surface area contributed by atoms with Crippen molar-refractivity contribution in [2.45, 2.75) is 38.6 Å². The molecule has 0 bridgehead atoms. The maximum Gasteiger partial charge on any atom is 0.135 e. The molecule has 1 heterocycles. The maximum absolute atomic E-state index is 4.64. The smallest absolute Gasteiger partial charge is 0.135 e. The average molecular weight is 332 g/mol. The van der Waals surface area contributed by atoms with Gasteiger partial charge < -0.3 is 5.32 Å². The van der Waals surface area contributed by atoms with Gasteiger partial charge in [0.1, 0.15) is 16.2 Å². The summed E-state index contributed by atoms with van der Waals surface area (Å²) >= 11 is 3.48. The molecule has 1 aromatic heterocycles. The zero-order valence-electron chi connectivity index (χ0n) is 11.7. The van der Waals surface area contributed by atoms with Crippen LogP contribution in [-0.4, -0.2) is 9.97 Å². The number of anilines is 1. The van der Waals surface area contributed by atoms with Gasteiger partial charge in [0.05, 0.1) is 6.04 Å². The molecule has 0 aliphatic heterocycles. The van der Waals surface area contributed by atoms with Crippen LogP contribution in [0, 0.1) is 6.92 Å². The zero-order chi connectivity index (χ0) is 14.1. The highest BCUT2D eigenvalue weighted by molar-refractivity contribution is 9.10. The van der Waals surface area contributed by atoms with Crippen molar-refractivity contribution in [3.63, 3.8) is 0 Å². The van der Waals surface area contributed by atoms with E-state index in [0.717, 1.165) is 16.2 Å². The summed E-state index contributed by atoms with van der Waals surface area (Å²) in [4.78, 5) is 9.10. The van der Waals surface area contributed by atoms with E-state index in [2.05, 4.69) is 69.3 Å². The van der Waals surface area contributed by atoms with E-state index in [-0.39, 0.29) is 6.04 Å². The Morgan fingerprint density at radius 2 is 2.00 bits per heavy atom. The third kappa shape index (κ3) is 3.01. The van der Waals surface area contributed by atoms with E-state index >= 15 is 0 Å². The van der Waals surface area contributed by atoms with E-state index in [0.29, 0.717) is 5.92 Å². The van der Waals surface area contributed by atoms with Gasteiger partial charge in [-0.25, -0.2) is 9.97 Å². The number of hydrogen-bond acceptors (Lipinski definition) is 3. The van der Waals surface area contributed by atoms with E-state index in [9.17, 15) is 0 Å². The van der Waals surface area contributed by atoms with Crippen molar-refractivity contribution < 1.29 is 0 Å². The number of aryl methyl sites for hydroxylation is 1. The van der Waals surface area contributed by atoms with Crippen LogP contribution >= 0.6 is 15.9 Å². The normalized spacial score (nSPS) is 15.9. The van der Waals surface area contributed by atoms with Gasteiger partial charge in [0, 0.05) is 12.0 Å². The average Bonchev–Trinajstić information content (AvgIpc) is 3.22. The van der Waals surface area contributed by atoms with Crippen LogP contribution in [0.25, 0.3) is 0 Å². The summed E-state index contributed by atoms with van der Waals surface area (Å²) in [6.07, 6.45) is 2.42. The van der Waals surface area contributed by atoms with Gasteiger partial charge in [0.15, 0.2) is 0 Å². The molecule has 3 nitrogen and oxygen atoms in total. The minimum absolute atomic E-state index is 0.227. The van der Waals surface area contributed by atoms with Crippen molar-refractivity contribution in [1.82, 2.24) is 9.97 Å². The number of halogens is 1. The first-order valence-electron chi connectivity index (χ1n) is 7.00. The Morgan fingerprint density at radius 1 is 1.25 bits per heavy atom. The molecule has 1 aromatic carbocycles. The number of aromatic nitrogens is 2. The molecule has 4 heteroatoms. The molecule has 3 rings (SSSR count). The quantitative estimate of drug-likeness (QED) is 0.832. The van der Waals surface area contributed by atoms with Crippen LogP contribution in [0.15, 0.2) is 34.9 Å². The lowest BCUT2D eigenvalue weighted by Crippen LogP contribution is -2.10. The largest absolute Gasteiger partial charge is 0.363 e. The molecule has 1 fully saturated rings. The highest BCUT2D eigenvalue weighted by Crippen LogP contribution is 2.39. The fraction of sp³-hybridized carbons (Fsp3) is 0.375. The van der Waals surface area contributed by atoms with Crippen molar-refractivity contribution >= 4 is 21.7 Å². The number of hydrogen-bond donors (Lipinski definition) is 1. The van der Waals surface area contributed by atoms with Gasteiger partial charge in [0.2, 0.25) is 0 Å². The Hall–Kier alpha value is -1.42. The highest BCUT2D eigenvalue weighted by Gasteiger charge is 2.27. The molecule has 1 saturated carbocycles. The molecular formula is C16H18BrN3. The van der Waals surface area contributed by atoms with Crippen molar-refractivity contribution in [1.29, 1.82) is 0 Å². The molecule has 0 saturated heterocycles. The lowest BCUT2D eigenvalue weighted by atomic mass is 10.0. The van der Waals surface area contributed by atoms with Crippen LogP contribution in [0.1, 0.15) is 48.7 Å². The molecule has 1 atom stereocenters. The van der Waals surface area contributed by atoms with Crippen LogP contribution in [0.2, 0.25) is 0 Å². The first kappa shape index (κ1) is 13.6. The molecule has 20 heavy (non-hydrogen) atoms. The van der Waals surface area contributed by atoms with Crippen molar-refractivity contribution in [2.24, 2.45) is 0 Å². The summed E-state index contributed by atoms with van der Waals surface area (Å²) < 4.78 is 0.855. The van der Waals surface area contributed by atoms with Crippen molar-refractivity contribution in [3.05, 3.63) is 51.9 Å². The molecule has 1 unspecified atom stereocenters. The van der Waals surface area contributed by atoms with E-state index in [1.165, 1.54) is 24.0 Å². The number of benzene rings is 1. The SMILES string of the molecule is Cc1ccccc1C(C)Nc1cc(Br)nc(C2CC2)n1. The van der Waals surface area contributed by atoms with Gasteiger partial charge in [-0.15, -0.1) is 0 Å². The van der Waals surface area contributed by atoms with Gasteiger partial charge in [0.25, 0.3) is 0 Å². The molecule has 1 aliphatic rings. The van der Waals surface area contributed by atoms with Crippen molar-refractivity contribution in [3.8, 4) is 0 Å².